The number of nitrogens with zero attached hydrogens (tertiary/aromatic N) is 2. The van der Waals surface area contributed by atoms with E-state index in [9.17, 15) is 4.79 Å². The van der Waals surface area contributed by atoms with Crippen molar-refractivity contribution in [1.29, 1.82) is 0 Å². The summed E-state index contributed by atoms with van der Waals surface area (Å²) in [4.78, 5) is 19.1. The molecule has 4 rings (SSSR count). The number of amides is 1. The predicted octanol–water partition coefficient (Wildman–Crippen LogP) is 4.95. The fourth-order valence-corrected chi connectivity index (χ4v) is 3.82. The van der Waals surface area contributed by atoms with Crippen LogP contribution in [0.3, 0.4) is 0 Å². The fourth-order valence-electron chi connectivity index (χ4n) is 3.01. The summed E-state index contributed by atoms with van der Waals surface area (Å²) in [7, 11) is 0. The zero-order chi connectivity index (χ0) is 19.5. The maximum Gasteiger partial charge on any atom is 0.262 e. The Balaban J connectivity index is 1.42. The number of carbonyl (C=O) groups excluding carboxylic acids is 1. The van der Waals surface area contributed by atoms with Crippen molar-refractivity contribution in [3.05, 3.63) is 71.4 Å². The molecule has 0 spiro atoms. The fraction of sp³-hybridized carbons (Fsp3) is 0.182. The molecule has 0 saturated carbocycles. The molecule has 0 bridgehead atoms. The Morgan fingerprint density at radius 3 is 2.86 bits per heavy atom. The molecule has 142 valence electrons. The van der Waals surface area contributed by atoms with Gasteiger partial charge in [0.25, 0.3) is 5.91 Å². The van der Waals surface area contributed by atoms with Gasteiger partial charge in [-0.25, -0.2) is 4.98 Å². The lowest BCUT2D eigenvalue weighted by atomic mass is 10.1. The molecule has 0 radical (unpaired) electrons. The number of thiazole rings is 1. The first-order chi connectivity index (χ1) is 13.6. The Kier molecular flexibility index (Phi) is 5.12. The molecule has 0 fully saturated rings. The molecule has 2 heterocycles. The van der Waals surface area contributed by atoms with Gasteiger partial charge >= 0.3 is 0 Å². The third-order valence-corrected chi connectivity index (χ3v) is 5.30. The number of rotatable bonds is 6. The van der Waals surface area contributed by atoms with Gasteiger partial charge in [-0.15, -0.1) is 11.3 Å². The number of imidazole rings is 1. The molecule has 0 aliphatic rings. The van der Waals surface area contributed by atoms with Crippen molar-refractivity contribution in [2.24, 2.45) is 0 Å². The summed E-state index contributed by atoms with van der Waals surface area (Å²) in [5, 5.41) is 2.89. The van der Waals surface area contributed by atoms with Gasteiger partial charge in [0.05, 0.1) is 5.69 Å². The standard InChI is InChI=1S/C22H21N3O2S/c1-3-16-6-4-9-19(10-16)27-14-21(26)23-18-8-5-7-17(11-18)20-13-25-12-15(2)28-22(25)24-20/h4-13H,3,14H2,1-2H3,(H,23,26). The Morgan fingerprint density at radius 1 is 1.18 bits per heavy atom. The maximum absolute atomic E-state index is 12.3. The lowest BCUT2D eigenvalue weighted by Gasteiger charge is -2.09. The minimum Gasteiger partial charge on any atom is -0.484 e. The van der Waals surface area contributed by atoms with E-state index in [-0.39, 0.29) is 12.5 Å². The van der Waals surface area contributed by atoms with Gasteiger partial charge in [0.2, 0.25) is 0 Å². The van der Waals surface area contributed by atoms with Crippen molar-refractivity contribution >= 4 is 27.9 Å². The van der Waals surface area contributed by atoms with Crippen LogP contribution in [0.25, 0.3) is 16.2 Å². The number of benzene rings is 2. The largest absolute Gasteiger partial charge is 0.484 e. The molecular weight excluding hydrogens is 370 g/mol. The molecule has 0 unspecified atom stereocenters. The second-order valence-corrected chi connectivity index (χ2v) is 7.79. The molecule has 0 saturated heterocycles. The van der Waals surface area contributed by atoms with Gasteiger partial charge in [-0.1, -0.05) is 31.2 Å². The Hall–Kier alpha value is -3.12. The first kappa shape index (κ1) is 18.3. The summed E-state index contributed by atoms with van der Waals surface area (Å²) in [6, 6.07) is 15.5. The SMILES string of the molecule is CCc1cccc(OCC(=O)Nc2cccc(-c3cn4cc(C)sc4n3)c2)c1. The zero-order valence-corrected chi connectivity index (χ0v) is 16.6. The van der Waals surface area contributed by atoms with E-state index in [1.165, 1.54) is 10.4 Å². The van der Waals surface area contributed by atoms with Gasteiger partial charge in [0, 0.05) is 28.5 Å². The van der Waals surface area contributed by atoms with E-state index < -0.39 is 0 Å². The van der Waals surface area contributed by atoms with Crippen LogP contribution >= 0.6 is 11.3 Å². The Morgan fingerprint density at radius 2 is 2.04 bits per heavy atom. The Bertz CT molecular complexity index is 1100. The van der Waals surface area contributed by atoms with E-state index >= 15 is 0 Å². The summed E-state index contributed by atoms with van der Waals surface area (Å²) >= 11 is 1.66. The normalized spacial score (nSPS) is 10.9. The average Bonchev–Trinajstić information content (AvgIpc) is 3.24. The number of aryl methyl sites for hydroxylation is 2. The molecule has 1 amide bonds. The Labute approximate surface area is 167 Å². The van der Waals surface area contributed by atoms with Crippen LogP contribution in [0.1, 0.15) is 17.4 Å². The summed E-state index contributed by atoms with van der Waals surface area (Å²) in [6.45, 7) is 4.12. The van der Waals surface area contributed by atoms with Crippen LogP contribution in [0, 0.1) is 6.92 Å². The van der Waals surface area contributed by atoms with E-state index in [1.54, 1.807) is 11.3 Å². The van der Waals surface area contributed by atoms with Crippen LogP contribution in [0.4, 0.5) is 5.69 Å². The van der Waals surface area contributed by atoms with E-state index in [0.717, 1.165) is 28.3 Å². The topological polar surface area (TPSA) is 55.6 Å². The van der Waals surface area contributed by atoms with Crippen molar-refractivity contribution in [1.82, 2.24) is 9.38 Å². The third-order valence-electron chi connectivity index (χ3n) is 4.39. The van der Waals surface area contributed by atoms with E-state index in [1.807, 2.05) is 59.1 Å². The second kappa shape index (κ2) is 7.86. The molecule has 2 aromatic carbocycles. The van der Waals surface area contributed by atoms with Crippen molar-refractivity contribution in [3.8, 4) is 17.0 Å². The lowest BCUT2D eigenvalue weighted by Crippen LogP contribution is -2.20. The number of hydrogen-bond donors (Lipinski definition) is 1. The highest BCUT2D eigenvalue weighted by molar-refractivity contribution is 7.17. The number of anilines is 1. The number of hydrogen-bond acceptors (Lipinski definition) is 4. The maximum atomic E-state index is 12.3. The number of aromatic nitrogens is 2. The quantitative estimate of drug-likeness (QED) is 0.506. The van der Waals surface area contributed by atoms with E-state index in [2.05, 4.69) is 30.3 Å². The van der Waals surface area contributed by atoms with Crippen LogP contribution in [0.5, 0.6) is 5.75 Å². The van der Waals surface area contributed by atoms with Crippen LogP contribution in [0.2, 0.25) is 0 Å². The van der Waals surface area contributed by atoms with Crippen LogP contribution in [0.15, 0.2) is 60.9 Å². The number of ether oxygens (including phenoxy) is 1. The van der Waals surface area contributed by atoms with Gasteiger partial charge in [0.15, 0.2) is 11.6 Å². The summed E-state index contributed by atoms with van der Waals surface area (Å²) in [5.74, 6) is 0.511. The van der Waals surface area contributed by atoms with Crippen LogP contribution < -0.4 is 10.1 Å². The van der Waals surface area contributed by atoms with Gasteiger partial charge in [-0.3, -0.25) is 9.20 Å². The van der Waals surface area contributed by atoms with Crippen molar-refractivity contribution in [2.75, 3.05) is 11.9 Å². The minimum atomic E-state index is -0.194. The molecule has 6 heteroatoms. The third kappa shape index (κ3) is 4.07. The molecule has 5 nitrogen and oxygen atoms in total. The van der Waals surface area contributed by atoms with Gasteiger partial charge < -0.3 is 10.1 Å². The molecule has 0 atom stereocenters. The molecular formula is C22H21N3O2S. The van der Waals surface area contributed by atoms with Gasteiger partial charge in [-0.05, 0) is 43.2 Å². The summed E-state index contributed by atoms with van der Waals surface area (Å²) < 4.78 is 7.64. The van der Waals surface area contributed by atoms with Crippen molar-refractivity contribution < 1.29 is 9.53 Å². The highest BCUT2D eigenvalue weighted by Gasteiger charge is 2.09. The highest BCUT2D eigenvalue weighted by Crippen LogP contribution is 2.25. The van der Waals surface area contributed by atoms with Gasteiger partial charge in [-0.2, -0.15) is 0 Å². The number of carbonyl (C=O) groups is 1. The molecule has 0 aliphatic carbocycles. The monoisotopic (exact) mass is 391 g/mol. The predicted molar refractivity (Wildman–Crippen MR) is 113 cm³/mol. The first-order valence-corrected chi connectivity index (χ1v) is 9.99. The number of fused-ring (bicyclic) bond motifs is 1. The number of nitrogens with one attached hydrogen (secondary N) is 1. The zero-order valence-electron chi connectivity index (χ0n) is 15.8. The van der Waals surface area contributed by atoms with Crippen molar-refractivity contribution in [2.45, 2.75) is 20.3 Å². The average molecular weight is 391 g/mol. The first-order valence-electron chi connectivity index (χ1n) is 9.18. The van der Waals surface area contributed by atoms with E-state index in [4.69, 9.17) is 4.74 Å². The molecule has 4 aromatic rings. The highest BCUT2D eigenvalue weighted by atomic mass is 32.1. The molecule has 0 aliphatic heterocycles. The minimum absolute atomic E-state index is 0.0309. The van der Waals surface area contributed by atoms with Crippen LogP contribution in [-0.4, -0.2) is 21.9 Å². The van der Waals surface area contributed by atoms with Crippen LogP contribution in [-0.2, 0) is 11.2 Å². The second-order valence-electron chi connectivity index (χ2n) is 6.58. The van der Waals surface area contributed by atoms with Crippen molar-refractivity contribution in [3.63, 3.8) is 0 Å². The summed E-state index contributed by atoms with van der Waals surface area (Å²) in [5.41, 5.74) is 3.75. The molecule has 28 heavy (non-hydrogen) atoms. The summed E-state index contributed by atoms with van der Waals surface area (Å²) in [6.07, 6.45) is 5.00. The van der Waals surface area contributed by atoms with Gasteiger partial charge in [0.1, 0.15) is 5.75 Å². The lowest BCUT2D eigenvalue weighted by molar-refractivity contribution is -0.118. The molecule has 2 aromatic heterocycles. The van der Waals surface area contributed by atoms with E-state index in [0.29, 0.717) is 5.75 Å². The molecule has 1 N–H and O–H groups in total. The smallest absolute Gasteiger partial charge is 0.262 e.